The fourth-order valence-corrected chi connectivity index (χ4v) is 3.24. The molecule has 0 amide bonds. The number of carboxylic acid groups (broad SMARTS) is 1. The second-order valence-electron chi connectivity index (χ2n) is 6.38. The molecule has 2 N–H and O–H groups in total. The number of H-pyrrole nitrogens is 1. The van der Waals surface area contributed by atoms with Gasteiger partial charge in [0.25, 0.3) is 0 Å². The van der Waals surface area contributed by atoms with Crippen LogP contribution >= 0.6 is 0 Å². The monoisotopic (exact) mass is 336 g/mol. The first-order chi connectivity index (χ1) is 12.2. The number of carboxylic acids is 1. The largest absolute Gasteiger partial charge is 0.477 e. The minimum atomic E-state index is -0.940. The predicted octanol–water partition coefficient (Wildman–Crippen LogP) is 3.37. The highest BCUT2D eigenvalue weighted by Gasteiger charge is 2.11. The number of aromatic amines is 1. The Kier molecular flexibility index (Phi) is 4.26. The maximum absolute atomic E-state index is 11.1. The van der Waals surface area contributed by atoms with Gasteiger partial charge in [0.2, 0.25) is 0 Å². The average molecular weight is 336 g/mol. The minimum absolute atomic E-state index is 0.216. The summed E-state index contributed by atoms with van der Waals surface area (Å²) in [4.78, 5) is 16.4. The van der Waals surface area contributed by atoms with E-state index in [-0.39, 0.29) is 5.69 Å². The SMILES string of the molecule is O=C(O)c1cc2ccc(-c3ccc(CN4CCOCC4)cc3)cc2[nH]1. The second-order valence-corrected chi connectivity index (χ2v) is 6.38. The number of morpholine rings is 1. The van der Waals surface area contributed by atoms with Gasteiger partial charge in [-0.2, -0.15) is 0 Å². The first kappa shape index (κ1) is 15.9. The number of hydrogen-bond donors (Lipinski definition) is 2. The Labute approximate surface area is 145 Å². The summed E-state index contributed by atoms with van der Waals surface area (Å²) in [6, 6.07) is 16.2. The van der Waals surface area contributed by atoms with Gasteiger partial charge in [0.15, 0.2) is 0 Å². The lowest BCUT2D eigenvalue weighted by atomic mass is 10.0. The molecule has 1 fully saturated rings. The Balaban J connectivity index is 1.54. The van der Waals surface area contributed by atoms with Crippen LogP contribution in [0.3, 0.4) is 0 Å². The van der Waals surface area contributed by atoms with Gasteiger partial charge >= 0.3 is 5.97 Å². The van der Waals surface area contributed by atoms with Crippen LogP contribution < -0.4 is 0 Å². The summed E-state index contributed by atoms with van der Waals surface area (Å²) in [7, 11) is 0. The molecule has 0 spiro atoms. The molecule has 5 nitrogen and oxygen atoms in total. The Morgan fingerprint density at radius 3 is 2.48 bits per heavy atom. The highest BCUT2D eigenvalue weighted by atomic mass is 16.5. The van der Waals surface area contributed by atoms with Crippen molar-refractivity contribution in [3.8, 4) is 11.1 Å². The van der Waals surface area contributed by atoms with Crippen molar-refractivity contribution in [1.82, 2.24) is 9.88 Å². The molecule has 25 heavy (non-hydrogen) atoms. The first-order valence-corrected chi connectivity index (χ1v) is 8.44. The van der Waals surface area contributed by atoms with E-state index >= 15 is 0 Å². The lowest BCUT2D eigenvalue weighted by Crippen LogP contribution is -2.35. The van der Waals surface area contributed by atoms with Gasteiger partial charge in [0.1, 0.15) is 5.69 Å². The van der Waals surface area contributed by atoms with E-state index in [1.54, 1.807) is 6.07 Å². The first-order valence-electron chi connectivity index (χ1n) is 8.44. The Morgan fingerprint density at radius 1 is 1.04 bits per heavy atom. The van der Waals surface area contributed by atoms with Gasteiger partial charge in [0.05, 0.1) is 13.2 Å². The normalized spacial score (nSPS) is 15.5. The van der Waals surface area contributed by atoms with E-state index in [1.807, 2.05) is 18.2 Å². The molecule has 2 heterocycles. The molecule has 0 atom stereocenters. The summed E-state index contributed by atoms with van der Waals surface area (Å²) < 4.78 is 5.38. The summed E-state index contributed by atoms with van der Waals surface area (Å²) in [6.45, 7) is 4.54. The number of nitrogens with zero attached hydrogens (tertiary/aromatic N) is 1. The van der Waals surface area contributed by atoms with Crippen molar-refractivity contribution < 1.29 is 14.6 Å². The number of fused-ring (bicyclic) bond motifs is 1. The standard InChI is InChI=1S/C20H20N2O3/c23-20(24)19-12-17-6-5-16(11-18(17)21-19)15-3-1-14(2-4-15)13-22-7-9-25-10-8-22/h1-6,11-12,21H,7-10,13H2,(H,23,24). The third kappa shape index (κ3) is 3.43. The minimum Gasteiger partial charge on any atom is -0.477 e. The van der Waals surface area contributed by atoms with Gasteiger partial charge < -0.3 is 14.8 Å². The van der Waals surface area contributed by atoms with Gasteiger partial charge in [-0.1, -0.05) is 36.4 Å². The van der Waals surface area contributed by atoms with Crippen LogP contribution in [-0.2, 0) is 11.3 Å². The van der Waals surface area contributed by atoms with E-state index in [0.29, 0.717) is 0 Å². The predicted molar refractivity (Wildman–Crippen MR) is 96.8 cm³/mol. The van der Waals surface area contributed by atoms with Crippen molar-refractivity contribution in [1.29, 1.82) is 0 Å². The van der Waals surface area contributed by atoms with E-state index in [0.717, 1.165) is 54.9 Å². The maximum Gasteiger partial charge on any atom is 0.352 e. The van der Waals surface area contributed by atoms with E-state index in [1.165, 1.54) is 5.56 Å². The third-order valence-electron chi connectivity index (χ3n) is 4.65. The summed E-state index contributed by atoms with van der Waals surface area (Å²) in [5.74, 6) is -0.940. The maximum atomic E-state index is 11.1. The molecule has 0 unspecified atom stereocenters. The molecule has 1 saturated heterocycles. The van der Waals surface area contributed by atoms with E-state index in [4.69, 9.17) is 9.84 Å². The fourth-order valence-electron chi connectivity index (χ4n) is 3.24. The molecule has 0 bridgehead atoms. The molecule has 1 aliphatic rings. The van der Waals surface area contributed by atoms with Gasteiger partial charge in [-0.3, -0.25) is 4.90 Å². The summed E-state index contributed by atoms with van der Waals surface area (Å²) in [6.07, 6.45) is 0. The molecule has 5 heteroatoms. The number of nitrogens with one attached hydrogen (secondary N) is 1. The molecule has 4 rings (SSSR count). The zero-order valence-electron chi connectivity index (χ0n) is 13.9. The summed E-state index contributed by atoms with van der Waals surface area (Å²) in [5.41, 5.74) is 4.54. The van der Waals surface area contributed by atoms with Crippen LogP contribution in [0.5, 0.6) is 0 Å². The van der Waals surface area contributed by atoms with E-state index in [2.05, 4.69) is 34.1 Å². The number of ether oxygens (including phenoxy) is 1. The number of benzene rings is 2. The van der Waals surface area contributed by atoms with Crippen molar-refractivity contribution >= 4 is 16.9 Å². The average Bonchev–Trinajstić information content (AvgIpc) is 3.07. The molecule has 0 saturated carbocycles. The fraction of sp³-hybridized carbons (Fsp3) is 0.250. The third-order valence-corrected chi connectivity index (χ3v) is 4.65. The van der Waals surface area contributed by atoms with Crippen LogP contribution in [0.25, 0.3) is 22.0 Å². The van der Waals surface area contributed by atoms with Crippen molar-refractivity contribution in [3.63, 3.8) is 0 Å². The molecule has 3 aromatic rings. The van der Waals surface area contributed by atoms with Crippen LogP contribution in [-0.4, -0.2) is 47.3 Å². The molecule has 2 aromatic carbocycles. The quantitative estimate of drug-likeness (QED) is 0.767. The highest BCUT2D eigenvalue weighted by Crippen LogP contribution is 2.25. The molecule has 0 aliphatic carbocycles. The topological polar surface area (TPSA) is 65.6 Å². The van der Waals surface area contributed by atoms with Crippen LogP contribution in [0.4, 0.5) is 0 Å². The summed E-state index contributed by atoms with van der Waals surface area (Å²) >= 11 is 0. The molecular formula is C20H20N2O3. The number of aromatic nitrogens is 1. The van der Waals surface area contributed by atoms with E-state index < -0.39 is 5.97 Å². The molecule has 128 valence electrons. The zero-order valence-corrected chi connectivity index (χ0v) is 13.9. The zero-order chi connectivity index (χ0) is 17.2. The number of hydrogen-bond acceptors (Lipinski definition) is 3. The van der Waals surface area contributed by atoms with Crippen molar-refractivity contribution in [3.05, 3.63) is 59.8 Å². The highest BCUT2D eigenvalue weighted by molar-refractivity contribution is 5.95. The van der Waals surface area contributed by atoms with Gasteiger partial charge in [-0.15, -0.1) is 0 Å². The Bertz CT molecular complexity index is 893. The second kappa shape index (κ2) is 6.70. The van der Waals surface area contributed by atoms with Crippen molar-refractivity contribution in [2.75, 3.05) is 26.3 Å². The molecule has 1 aliphatic heterocycles. The lowest BCUT2D eigenvalue weighted by molar-refractivity contribution is 0.0342. The number of carbonyl (C=O) groups is 1. The molecule has 1 aromatic heterocycles. The lowest BCUT2D eigenvalue weighted by Gasteiger charge is -2.26. The van der Waals surface area contributed by atoms with Gasteiger partial charge in [-0.05, 0) is 28.8 Å². The molecular weight excluding hydrogens is 316 g/mol. The van der Waals surface area contributed by atoms with Crippen LogP contribution in [0, 0.1) is 0 Å². The molecule has 0 radical (unpaired) electrons. The van der Waals surface area contributed by atoms with Crippen LogP contribution in [0.2, 0.25) is 0 Å². The van der Waals surface area contributed by atoms with Crippen molar-refractivity contribution in [2.45, 2.75) is 6.54 Å². The summed E-state index contributed by atoms with van der Waals surface area (Å²) in [5, 5.41) is 10.0. The van der Waals surface area contributed by atoms with E-state index in [9.17, 15) is 4.79 Å². The van der Waals surface area contributed by atoms with Crippen LogP contribution in [0.15, 0.2) is 48.5 Å². The van der Waals surface area contributed by atoms with Crippen LogP contribution in [0.1, 0.15) is 16.1 Å². The number of aromatic carboxylic acids is 1. The van der Waals surface area contributed by atoms with Gasteiger partial charge in [-0.25, -0.2) is 4.79 Å². The smallest absolute Gasteiger partial charge is 0.352 e. The Hall–Kier alpha value is -2.63. The Morgan fingerprint density at radius 2 is 1.76 bits per heavy atom. The van der Waals surface area contributed by atoms with Gasteiger partial charge in [0, 0.05) is 30.5 Å². The number of rotatable bonds is 4. The van der Waals surface area contributed by atoms with Crippen molar-refractivity contribution in [2.24, 2.45) is 0 Å².